The number of rotatable bonds is 1. The first kappa shape index (κ1) is 14.3. The molecule has 0 radical (unpaired) electrons. The van der Waals surface area contributed by atoms with Crippen LogP contribution in [0, 0.1) is 0 Å². The first-order chi connectivity index (χ1) is 9.73. The molecule has 1 amide bonds. The van der Waals surface area contributed by atoms with Crippen molar-refractivity contribution in [3.05, 3.63) is 28.7 Å². The molecule has 0 saturated heterocycles. The molecule has 3 rings (SSSR count). The molecule has 0 fully saturated rings. The van der Waals surface area contributed by atoms with Gasteiger partial charge in [0.25, 0.3) is 0 Å². The van der Waals surface area contributed by atoms with Crippen LogP contribution in [0.25, 0.3) is 10.9 Å². The van der Waals surface area contributed by atoms with E-state index in [1.165, 1.54) is 0 Å². The molecular formula is C16H18ClN3O. The van der Waals surface area contributed by atoms with Gasteiger partial charge in [0.15, 0.2) is 0 Å². The van der Waals surface area contributed by atoms with E-state index in [1.54, 1.807) is 11.9 Å². The number of carbonyl (C=O) groups excluding carboxylic acids is 1. The van der Waals surface area contributed by atoms with Gasteiger partial charge in [-0.2, -0.15) is 0 Å². The molecule has 1 aliphatic heterocycles. The largest absolute Gasteiger partial charge is 0.314 e. The molecule has 0 saturated carbocycles. The number of hydrogen-bond acceptors (Lipinski definition) is 3. The number of carbonyl (C=O) groups is 1. The van der Waals surface area contributed by atoms with Crippen molar-refractivity contribution in [1.29, 1.82) is 0 Å². The first-order valence-electron chi connectivity index (χ1n) is 7.03. The van der Waals surface area contributed by atoms with Crippen LogP contribution in [0.3, 0.4) is 0 Å². The highest BCUT2D eigenvalue weighted by atomic mass is 35.5. The minimum absolute atomic E-state index is 0.0842. The van der Waals surface area contributed by atoms with E-state index >= 15 is 0 Å². The van der Waals surface area contributed by atoms with Gasteiger partial charge in [-0.3, -0.25) is 4.79 Å². The van der Waals surface area contributed by atoms with E-state index in [0.29, 0.717) is 5.15 Å². The molecule has 110 valence electrons. The molecule has 0 spiro atoms. The highest BCUT2D eigenvalue weighted by molar-refractivity contribution is 6.34. The van der Waals surface area contributed by atoms with Crippen LogP contribution in [0.4, 0.5) is 5.69 Å². The molecule has 0 unspecified atom stereocenters. The molecule has 1 aliphatic rings. The lowest BCUT2D eigenvalue weighted by Gasteiger charge is -2.16. The number of anilines is 1. The quantitative estimate of drug-likeness (QED) is 0.755. The number of hydrogen-bond donors (Lipinski definition) is 0. The maximum atomic E-state index is 12.4. The summed E-state index contributed by atoms with van der Waals surface area (Å²) in [5.41, 5.74) is 2.13. The van der Waals surface area contributed by atoms with Gasteiger partial charge in [0, 0.05) is 24.0 Å². The summed E-state index contributed by atoms with van der Waals surface area (Å²) in [4.78, 5) is 23.0. The number of halogens is 1. The zero-order valence-corrected chi connectivity index (χ0v) is 13.6. The van der Waals surface area contributed by atoms with Crippen LogP contribution in [0.1, 0.15) is 45.0 Å². The van der Waals surface area contributed by atoms with Crippen molar-refractivity contribution in [3.8, 4) is 0 Å². The van der Waals surface area contributed by atoms with Crippen LogP contribution in [-0.4, -0.2) is 22.9 Å². The van der Waals surface area contributed by atoms with Crippen LogP contribution in [0.5, 0.6) is 0 Å². The Balaban J connectivity index is 2.34. The molecule has 2 heterocycles. The van der Waals surface area contributed by atoms with Gasteiger partial charge < -0.3 is 4.90 Å². The Morgan fingerprint density at radius 3 is 2.52 bits per heavy atom. The molecule has 5 heteroatoms. The molecule has 2 aromatic rings. The second-order valence-corrected chi connectivity index (χ2v) is 6.76. The second kappa shape index (κ2) is 4.41. The zero-order valence-electron chi connectivity index (χ0n) is 12.9. The summed E-state index contributed by atoms with van der Waals surface area (Å²) in [6, 6.07) is 3.90. The predicted octanol–water partition coefficient (Wildman–Crippen LogP) is 3.66. The molecule has 4 nitrogen and oxygen atoms in total. The van der Waals surface area contributed by atoms with Gasteiger partial charge >= 0.3 is 0 Å². The maximum Gasteiger partial charge on any atom is 0.236 e. The van der Waals surface area contributed by atoms with E-state index in [9.17, 15) is 4.79 Å². The van der Waals surface area contributed by atoms with E-state index in [0.717, 1.165) is 28.0 Å². The van der Waals surface area contributed by atoms with Crippen LogP contribution < -0.4 is 4.90 Å². The number of amides is 1. The standard InChI is InChI=1S/C16H18ClN3O/c1-8(2)14-18-11-7-12-10(6-9(11)13(17)19-14)16(3,4)15(21)20(12)5/h6-8H,1-5H3. The average molecular weight is 304 g/mol. The molecular weight excluding hydrogens is 286 g/mol. The smallest absolute Gasteiger partial charge is 0.236 e. The lowest BCUT2D eigenvalue weighted by molar-refractivity contribution is -0.121. The Kier molecular flexibility index (Phi) is 2.99. The van der Waals surface area contributed by atoms with Crippen molar-refractivity contribution in [2.45, 2.75) is 39.0 Å². The van der Waals surface area contributed by atoms with Crippen molar-refractivity contribution < 1.29 is 4.79 Å². The Hall–Kier alpha value is -1.68. The predicted molar refractivity (Wildman–Crippen MR) is 85.1 cm³/mol. The fourth-order valence-corrected chi connectivity index (χ4v) is 3.06. The van der Waals surface area contributed by atoms with Crippen molar-refractivity contribution in [2.75, 3.05) is 11.9 Å². The van der Waals surface area contributed by atoms with Gasteiger partial charge in [0.2, 0.25) is 5.91 Å². The monoisotopic (exact) mass is 303 g/mol. The zero-order chi connectivity index (χ0) is 15.5. The molecule has 0 bridgehead atoms. The highest BCUT2D eigenvalue weighted by Gasteiger charge is 2.42. The van der Waals surface area contributed by atoms with E-state index in [1.807, 2.05) is 39.8 Å². The van der Waals surface area contributed by atoms with E-state index in [4.69, 9.17) is 11.6 Å². The number of likely N-dealkylation sites (N-methyl/N-ethyl adjacent to an activating group) is 1. The summed E-state index contributed by atoms with van der Waals surface area (Å²) < 4.78 is 0. The summed E-state index contributed by atoms with van der Waals surface area (Å²) in [6.07, 6.45) is 0. The lowest BCUT2D eigenvalue weighted by Crippen LogP contribution is -2.33. The van der Waals surface area contributed by atoms with Gasteiger partial charge in [-0.05, 0) is 31.5 Å². The van der Waals surface area contributed by atoms with Crippen LogP contribution in [0.2, 0.25) is 5.15 Å². The number of aromatic nitrogens is 2. The van der Waals surface area contributed by atoms with Gasteiger partial charge in [-0.25, -0.2) is 9.97 Å². The maximum absolute atomic E-state index is 12.4. The topological polar surface area (TPSA) is 46.1 Å². The van der Waals surface area contributed by atoms with Gasteiger partial charge in [0.1, 0.15) is 11.0 Å². The van der Waals surface area contributed by atoms with Crippen molar-refractivity contribution in [2.24, 2.45) is 0 Å². The molecule has 0 N–H and O–H groups in total. The average Bonchev–Trinajstić information content (AvgIpc) is 2.58. The molecule has 1 aromatic carbocycles. The summed E-state index contributed by atoms with van der Waals surface area (Å²) in [5.74, 6) is 1.01. The summed E-state index contributed by atoms with van der Waals surface area (Å²) in [5, 5.41) is 1.25. The SMILES string of the molecule is CC(C)c1nc(Cl)c2cc3c(cc2n1)N(C)C(=O)C3(C)C. The number of fused-ring (bicyclic) bond motifs is 2. The van der Waals surface area contributed by atoms with E-state index < -0.39 is 5.41 Å². The first-order valence-corrected chi connectivity index (χ1v) is 7.41. The molecule has 0 aliphatic carbocycles. The fourth-order valence-electron chi connectivity index (χ4n) is 2.82. The number of nitrogens with zero attached hydrogens (tertiary/aromatic N) is 3. The minimum Gasteiger partial charge on any atom is -0.314 e. The van der Waals surface area contributed by atoms with Gasteiger partial charge in [0.05, 0.1) is 10.9 Å². The van der Waals surface area contributed by atoms with Gasteiger partial charge in [-0.1, -0.05) is 25.4 Å². The third-order valence-electron chi connectivity index (χ3n) is 4.17. The Bertz CT molecular complexity index is 768. The van der Waals surface area contributed by atoms with Crippen molar-refractivity contribution in [3.63, 3.8) is 0 Å². The van der Waals surface area contributed by atoms with Gasteiger partial charge in [-0.15, -0.1) is 0 Å². The highest BCUT2D eigenvalue weighted by Crippen LogP contribution is 2.43. The Labute approximate surface area is 129 Å². The van der Waals surface area contributed by atoms with Crippen molar-refractivity contribution >= 4 is 34.1 Å². The van der Waals surface area contributed by atoms with E-state index in [2.05, 4.69) is 9.97 Å². The summed E-state index contributed by atoms with van der Waals surface area (Å²) >= 11 is 6.32. The van der Waals surface area contributed by atoms with E-state index in [-0.39, 0.29) is 11.8 Å². The second-order valence-electron chi connectivity index (χ2n) is 6.40. The normalized spacial score (nSPS) is 16.9. The summed E-state index contributed by atoms with van der Waals surface area (Å²) in [6.45, 7) is 7.93. The Morgan fingerprint density at radius 2 is 1.90 bits per heavy atom. The minimum atomic E-state index is -0.543. The van der Waals surface area contributed by atoms with Crippen LogP contribution in [0.15, 0.2) is 12.1 Å². The fraction of sp³-hybridized carbons (Fsp3) is 0.438. The molecule has 0 atom stereocenters. The number of benzene rings is 1. The molecule has 21 heavy (non-hydrogen) atoms. The summed E-state index contributed by atoms with van der Waals surface area (Å²) in [7, 11) is 1.80. The molecule has 1 aromatic heterocycles. The lowest BCUT2D eigenvalue weighted by atomic mass is 9.85. The van der Waals surface area contributed by atoms with Crippen LogP contribution in [-0.2, 0) is 10.2 Å². The Morgan fingerprint density at radius 1 is 1.24 bits per heavy atom. The third kappa shape index (κ3) is 1.93. The third-order valence-corrected chi connectivity index (χ3v) is 4.46. The van der Waals surface area contributed by atoms with Crippen molar-refractivity contribution in [1.82, 2.24) is 9.97 Å². The van der Waals surface area contributed by atoms with Crippen LogP contribution >= 0.6 is 11.6 Å².